The first-order chi connectivity index (χ1) is 28.5. The number of rotatable bonds is 8. The Hall–Kier alpha value is -7.22. The van der Waals surface area contributed by atoms with Gasteiger partial charge in [-0.3, -0.25) is 0 Å². The molecule has 9 aromatic rings. The summed E-state index contributed by atoms with van der Waals surface area (Å²) in [5.74, 6) is 0. The van der Waals surface area contributed by atoms with Crippen LogP contribution in [0.3, 0.4) is 0 Å². The molecule has 1 heteroatoms. The third-order valence-electron chi connectivity index (χ3n) is 11.9. The average Bonchev–Trinajstić information content (AvgIpc) is 3.54. The van der Waals surface area contributed by atoms with Crippen LogP contribution in [0.5, 0.6) is 0 Å². The first-order valence-electron chi connectivity index (χ1n) is 20.2. The van der Waals surface area contributed by atoms with Gasteiger partial charge in [-0.05, 0) is 109 Å². The molecular formula is C57H43N. The number of nitrogens with zero attached hydrogens (tertiary/aromatic N) is 1. The van der Waals surface area contributed by atoms with E-state index in [2.05, 4.69) is 243 Å². The molecule has 9 aromatic carbocycles. The highest BCUT2D eigenvalue weighted by Crippen LogP contribution is 2.53. The van der Waals surface area contributed by atoms with Crippen LogP contribution < -0.4 is 4.90 Å². The molecule has 1 aliphatic carbocycles. The van der Waals surface area contributed by atoms with Gasteiger partial charge in [0, 0.05) is 22.4 Å². The van der Waals surface area contributed by atoms with Gasteiger partial charge < -0.3 is 4.90 Å². The zero-order chi connectivity index (χ0) is 39.1. The van der Waals surface area contributed by atoms with Crippen LogP contribution in [0, 0.1) is 0 Å². The molecule has 0 aliphatic heterocycles. The Morgan fingerprint density at radius 1 is 0.293 bits per heavy atom. The van der Waals surface area contributed by atoms with Gasteiger partial charge >= 0.3 is 0 Å². The Kier molecular flexibility index (Phi) is 8.92. The van der Waals surface area contributed by atoms with Gasteiger partial charge in [0.05, 0.1) is 5.69 Å². The topological polar surface area (TPSA) is 3.24 Å². The molecule has 0 fully saturated rings. The van der Waals surface area contributed by atoms with Crippen molar-refractivity contribution in [1.82, 2.24) is 0 Å². The number of hydrogen-bond donors (Lipinski definition) is 0. The van der Waals surface area contributed by atoms with Gasteiger partial charge in [-0.15, -0.1) is 0 Å². The van der Waals surface area contributed by atoms with Gasteiger partial charge in [-0.1, -0.05) is 202 Å². The van der Waals surface area contributed by atoms with Crippen molar-refractivity contribution in [2.45, 2.75) is 19.3 Å². The summed E-state index contributed by atoms with van der Waals surface area (Å²) in [6, 6.07) is 81.6. The predicted octanol–water partition coefficient (Wildman–Crippen LogP) is 15.8. The SMILES string of the molecule is CC1(C)c2ccccc2-c2c(-c3ccc(-c4ccc(N(c5ccc(-c6ccccc6)cc5)c5ccccc5-c5ccccc5)cc4)cc3-c3ccccc3)cccc21. The molecule has 0 amide bonds. The highest BCUT2D eigenvalue weighted by Gasteiger charge is 2.36. The van der Waals surface area contributed by atoms with Crippen molar-refractivity contribution in [1.29, 1.82) is 0 Å². The highest BCUT2D eigenvalue weighted by molar-refractivity contribution is 5.98. The summed E-state index contributed by atoms with van der Waals surface area (Å²) < 4.78 is 0. The Balaban J connectivity index is 1.08. The number of benzene rings is 9. The molecule has 0 aromatic heterocycles. The largest absolute Gasteiger partial charge is 0.310 e. The van der Waals surface area contributed by atoms with Crippen LogP contribution in [-0.2, 0) is 5.41 Å². The van der Waals surface area contributed by atoms with E-state index in [-0.39, 0.29) is 5.41 Å². The number of para-hydroxylation sites is 1. The monoisotopic (exact) mass is 741 g/mol. The van der Waals surface area contributed by atoms with Gasteiger partial charge in [0.2, 0.25) is 0 Å². The molecule has 1 nitrogen and oxygen atoms in total. The summed E-state index contributed by atoms with van der Waals surface area (Å²) in [4.78, 5) is 2.38. The van der Waals surface area contributed by atoms with Crippen molar-refractivity contribution in [3.8, 4) is 66.8 Å². The third kappa shape index (κ3) is 6.22. The summed E-state index contributed by atoms with van der Waals surface area (Å²) in [6.07, 6.45) is 0. The van der Waals surface area contributed by atoms with Crippen molar-refractivity contribution >= 4 is 17.1 Å². The van der Waals surface area contributed by atoms with Crippen molar-refractivity contribution in [2.24, 2.45) is 0 Å². The summed E-state index contributed by atoms with van der Waals surface area (Å²) in [6.45, 7) is 4.71. The molecule has 0 atom stereocenters. The molecule has 0 bridgehead atoms. The minimum absolute atomic E-state index is 0.0596. The van der Waals surface area contributed by atoms with Gasteiger partial charge in [-0.2, -0.15) is 0 Å². The molecule has 58 heavy (non-hydrogen) atoms. The standard InChI is InChI=1S/C57H43N/c1-57(2)53-26-14-12-24-51(53)56-50(25-16-27-54(56)57)49-38-33-45(39-52(49)44-21-10-5-11-22-44)42-31-36-47(37-32-42)58(46-34-29-41(30-35-46)40-17-6-3-7-18-40)55-28-15-13-23-48(55)43-19-8-4-9-20-43/h3-39H,1-2H3. The number of anilines is 3. The van der Waals surface area contributed by atoms with E-state index in [1.54, 1.807) is 0 Å². The third-order valence-corrected chi connectivity index (χ3v) is 11.9. The molecule has 0 N–H and O–H groups in total. The lowest BCUT2D eigenvalue weighted by molar-refractivity contribution is 0.660. The molecule has 0 saturated heterocycles. The van der Waals surface area contributed by atoms with Crippen molar-refractivity contribution in [3.05, 3.63) is 236 Å². The zero-order valence-corrected chi connectivity index (χ0v) is 32.8. The van der Waals surface area contributed by atoms with E-state index in [0.717, 1.165) is 17.1 Å². The lowest BCUT2D eigenvalue weighted by Gasteiger charge is -2.28. The van der Waals surface area contributed by atoms with Crippen molar-refractivity contribution in [3.63, 3.8) is 0 Å². The number of fused-ring (bicyclic) bond motifs is 3. The van der Waals surface area contributed by atoms with Crippen LogP contribution in [0.2, 0.25) is 0 Å². The Morgan fingerprint density at radius 2 is 0.741 bits per heavy atom. The van der Waals surface area contributed by atoms with E-state index in [4.69, 9.17) is 0 Å². The van der Waals surface area contributed by atoms with E-state index in [9.17, 15) is 0 Å². The van der Waals surface area contributed by atoms with Crippen LogP contribution in [0.1, 0.15) is 25.0 Å². The van der Waals surface area contributed by atoms with Crippen LogP contribution in [0.25, 0.3) is 66.8 Å². The Morgan fingerprint density at radius 3 is 1.38 bits per heavy atom. The second-order valence-corrected chi connectivity index (χ2v) is 15.7. The van der Waals surface area contributed by atoms with E-state index in [1.165, 1.54) is 77.9 Å². The quantitative estimate of drug-likeness (QED) is 0.150. The summed E-state index contributed by atoms with van der Waals surface area (Å²) >= 11 is 0. The fourth-order valence-electron chi connectivity index (χ4n) is 8.99. The summed E-state index contributed by atoms with van der Waals surface area (Å²) in [5, 5.41) is 0. The number of hydrogen-bond acceptors (Lipinski definition) is 1. The van der Waals surface area contributed by atoms with E-state index < -0.39 is 0 Å². The van der Waals surface area contributed by atoms with Crippen LogP contribution in [-0.4, -0.2) is 0 Å². The average molecular weight is 742 g/mol. The smallest absolute Gasteiger partial charge is 0.0540 e. The minimum atomic E-state index is -0.0596. The first kappa shape index (κ1) is 35.2. The molecule has 0 heterocycles. The molecule has 0 spiro atoms. The molecule has 0 saturated carbocycles. The Bertz CT molecular complexity index is 2870. The van der Waals surface area contributed by atoms with Gasteiger partial charge in [0.1, 0.15) is 0 Å². The molecular weight excluding hydrogens is 699 g/mol. The maximum absolute atomic E-state index is 2.38. The fraction of sp³-hybridized carbons (Fsp3) is 0.0526. The van der Waals surface area contributed by atoms with E-state index in [0.29, 0.717) is 0 Å². The van der Waals surface area contributed by atoms with Gasteiger partial charge in [0.25, 0.3) is 0 Å². The second-order valence-electron chi connectivity index (χ2n) is 15.7. The van der Waals surface area contributed by atoms with Gasteiger partial charge in [0.15, 0.2) is 0 Å². The maximum atomic E-state index is 2.38. The minimum Gasteiger partial charge on any atom is -0.310 e. The van der Waals surface area contributed by atoms with Crippen LogP contribution >= 0.6 is 0 Å². The lowest BCUT2D eigenvalue weighted by Crippen LogP contribution is -2.14. The van der Waals surface area contributed by atoms with Crippen LogP contribution in [0.4, 0.5) is 17.1 Å². The van der Waals surface area contributed by atoms with Gasteiger partial charge in [-0.25, -0.2) is 0 Å². The van der Waals surface area contributed by atoms with E-state index >= 15 is 0 Å². The first-order valence-corrected chi connectivity index (χ1v) is 20.2. The molecule has 10 rings (SSSR count). The molecule has 0 radical (unpaired) electrons. The summed E-state index contributed by atoms with van der Waals surface area (Å²) in [5.41, 5.74) is 20.8. The van der Waals surface area contributed by atoms with Crippen LogP contribution in [0.15, 0.2) is 224 Å². The normalized spacial score (nSPS) is 12.4. The van der Waals surface area contributed by atoms with Crippen molar-refractivity contribution in [2.75, 3.05) is 4.90 Å². The maximum Gasteiger partial charge on any atom is 0.0540 e. The van der Waals surface area contributed by atoms with Crippen molar-refractivity contribution < 1.29 is 0 Å². The summed E-state index contributed by atoms with van der Waals surface area (Å²) in [7, 11) is 0. The molecule has 0 unspecified atom stereocenters. The van der Waals surface area contributed by atoms with E-state index in [1.807, 2.05) is 0 Å². The lowest BCUT2D eigenvalue weighted by atomic mass is 9.81. The zero-order valence-electron chi connectivity index (χ0n) is 32.8. The Labute approximate surface area is 342 Å². The predicted molar refractivity (Wildman–Crippen MR) is 246 cm³/mol. The molecule has 1 aliphatic rings. The highest BCUT2D eigenvalue weighted by atomic mass is 15.1. The fourth-order valence-corrected chi connectivity index (χ4v) is 8.99. The molecule has 276 valence electrons. The second kappa shape index (κ2) is 14.7.